The number of methoxy groups -OCH3 is 1. The van der Waals surface area contributed by atoms with E-state index in [1.807, 2.05) is 0 Å². The number of rotatable bonds is 7. The Hall–Kier alpha value is -1.28. The van der Waals surface area contributed by atoms with E-state index in [9.17, 15) is 0 Å². The van der Waals surface area contributed by atoms with Crippen LogP contribution in [0, 0.1) is 5.92 Å². The van der Waals surface area contributed by atoms with Crippen molar-refractivity contribution >= 4 is 0 Å². The Morgan fingerprint density at radius 2 is 1.81 bits per heavy atom. The maximum atomic E-state index is 5.65. The molecule has 0 radical (unpaired) electrons. The van der Waals surface area contributed by atoms with E-state index in [1.54, 1.807) is 7.11 Å². The van der Waals surface area contributed by atoms with Gasteiger partial charge in [-0.05, 0) is 61.6 Å². The van der Waals surface area contributed by atoms with Crippen LogP contribution in [0.3, 0.4) is 0 Å². The third kappa shape index (κ3) is 5.20. The molecule has 0 amide bonds. The number of ether oxygens (including phenoxy) is 2. The molecule has 1 aliphatic carbocycles. The van der Waals surface area contributed by atoms with Crippen molar-refractivity contribution < 1.29 is 9.47 Å². The van der Waals surface area contributed by atoms with Crippen molar-refractivity contribution in [2.45, 2.75) is 44.9 Å². The molecule has 0 atom stereocenters. The molecule has 116 valence electrons. The number of hydrogen-bond acceptors (Lipinski definition) is 2. The highest BCUT2D eigenvalue weighted by atomic mass is 16.5. The van der Waals surface area contributed by atoms with E-state index in [1.165, 1.54) is 31.2 Å². The average Bonchev–Trinajstić information content (AvgIpc) is 2.54. The molecule has 0 aliphatic heterocycles. The lowest BCUT2D eigenvalue weighted by atomic mass is 9.78. The van der Waals surface area contributed by atoms with E-state index in [-0.39, 0.29) is 0 Å². The zero-order chi connectivity index (χ0) is 14.9. The van der Waals surface area contributed by atoms with Gasteiger partial charge in [-0.15, -0.1) is 0 Å². The second-order valence-electron chi connectivity index (χ2n) is 5.91. The molecule has 2 heteroatoms. The Balaban J connectivity index is 1.81. The SMILES string of the molecule is CCCOc1ccc([C@H]2CC[C@H](/C=C/COC)CC2)cc1. The van der Waals surface area contributed by atoms with Gasteiger partial charge in [-0.3, -0.25) is 0 Å². The highest BCUT2D eigenvalue weighted by Gasteiger charge is 2.20. The van der Waals surface area contributed by atoms with Gasteiger partial charge < -0.3 is 9.47 Å². The van der Waals surface area contributed by atoms with Crippen molar-refractivity contribution in [3.8, 4) is 5.75 Å². The number of benzene rings is 1. The summed E-state index contributed by atoms with van der Waals surface area (Å²) in [5, 5.41) is 0. The fraction of sp³-hybridized carbons (Fsp3) is 0.579. The van der Waals surface area contributed by atoms with Crippen LogP contribution in [0.15, 0.2) is 36.4 Å². The monoisotopic (exact) mass is 288 g/mol. The number of allylic oxidation sites excluding steroid dienone is 1. The van der Waals surface area contributed by atoms with Crippen LogP contribution in [0.2, 0.25) is 0 Å². The molecule has 0 N–H and O–H groups in total. The summed E-state index contributed by atoms with van der Waals surface area (Å²) >= 11 is 0. The van der Waals surface area contributed by atoms with Crippen molar-refractivity contribution in [3.05, 3.63) is 42.0 Å². The maximum absolute atomic E-state index is 5.65. The lowest BCUT2D eigenvalue weighted by molar-refractivity contribution is 0.233. The average molecular weight is 288 g/mol. The third-order valence-corrected chi connectivity index (χ3v) is 4.27. The predicted octanol–water partition coefficient (Wildman–Crippen LogP) is 4.95. The molecule has 0 heterocycles. The van der Waals surface area contributed by atoms with Gasteiger partial charge in [-0.1, -0.05) is 31.2 Å². The summed E-state index contributed by atoms with van der Waals surface area (Å²) < 4.78 is 10.7. The van der Waals surface area contributed by atoms with E-state index in [4.69, 9.17) is 9.47 Å². The summed E-state index contributed by atoms with van der Waals surface area (Å²) in [7, 11) is 1.75. The molecule has 0 bridgehead atoms. The highest BCUT2D eigenvalue weighted by molar-refractivity contribution is 5.29. The Labute approximate surface area is 129 Å². The third-order valence-electron chi connectivity index (χ3n) is 4.27. The van der Waals surface area contributed by atoms with Crippen LogP contribution in [-0.2, 0) is 4.74 Å². The van der Waals surface area contributed by atoms with Crippen LogP contribution >= 0.6 is 0 Å². The Morgan fingerprint density at radius 3 is 2.43 bits per heavy atom. The molecule has 2 nitrogen and oxygen atoms in total. The zero-order valence-corrected chi connectivity index (χ0v) is 13.4. The van der Waals surface area contributed by atoms with Crippen molar-refractivity contribution in [3.63, 3.8) is 0 Å². The summed E-state index contributed by atoms with van der Waals surface area (Å²) in [6.45, 7) is 3.67. The molecule has 0 aromatic heterocycles. The standard InChI is InChI=1S/C19H28O2/c1-3-14-21-19-12-10-18(11-13-19)17-8-6-16(7-9-17)5-4-15-20-2/h4-5,10-13,16-17H,3,6-9,14-15H2,1-2H3/b5-4+/t16-,17-. The van der Waals surface area contributed by atoms with Crippen LogP contribution in [0.5, 0.6) is 5.75 Å². The van der Waals surface area contributed by atoms with E-state index in [2.05, 4.69) is 43.3 Å². The van der Waals surface area contributed by atoms with Crippen molar-refractivity contribution in [2.24, 2.45) is 5.92 Å². The molecule has 1 fully saturated rings. The van der Waals surface area contributed by atoms with Gasteiger partial charge in [0.1, 0.15) is 5.75 Å². The zero-order valence-electron chi connectivity index (χ0n) is 13.4. The molecule has 0 saturated heterocycles. The van der Waals surface area contributed by atoms with E-state index in [0.29, 0.717) is 0 Å². The van der Waals surface area contributed by atoms with E-state index < -0.39 is 0 Å². The first kappa shape index (κ1) is 16.1. The predicted molar refractivity (Wildman–Crippen MR) is 87.9 cm³/mol. The normalized spacial score (nSPS) is 22.6. The van der Waals surface area contributed by atoms with Crippen LogP contribution in [0.1, 0.15) is 50.5 Å². The fourth-order valence-electron chi connectivity index (χ4n) is 3.05. The van der Waals surface area contributed by atoms with Gasteiger partial charge in [0.15, 0.2) is 0 Å². The summed E-state index contributed by atoms with van der Waals surface area (Å²) in [6, 6.07) is 8.73. The van der Waals surface area contributed by atoms with E-state index >= 15 is 0 Å². The van der Waals surface area contributed by atoms with Gasteiger partial charge in [0.2, 0.25) is 0 Å². The first-order valence-corrected chi connectivity index (χ1v) is 8.21. The summed E-state index contributed by atoms with van der Waals surface area (Å²) in [5.74, 6) is 2.46. The highest BCUT2D eigenvalue weighted by Crippen LogP contribution is 2.36. The first-order chi connectivity index (χ1) is 10.3. The Kier molecular flexibility index (Phi) is 6.81. The second-order valence-corrected chi connectivity index (χ2v) is 5.91. The molecule has 0 spiro atoms. The minimum Gasteiger partial charge on any atom is -0.494 e. The molecular weight excluding hydrogens is 260 g/mol. The van der Waals surface area contributed by atoms with Gasteiger partial charge in [0.05, 0.1) is 13.2 Å². The van der Waals surface area contributed by atoms with E-state index in [0.717, 1.165) is 37.2 Å². The molecule has 21 heavy (non-hydrogen) atoms. The van der Waals surface area contributed by atoms with Gasteiger partial charge in [0.25, 0.3) is 0 Å². The molecule has 1 aliphatic rings. The van der Waals surface area contributed by atoms with Crippen molar-refractivity contribution in [1.29, 1.82) is 0 Å². The van der Waals surface area contributed by atoms with Crippen LogP contribution < -0.4 is 4.74 Å². The Bertz CT molecular complexity index is 414. The number of hydrogen-bond donors (Lipinski definition) is 0. The smallest absolute Gasteiger partial charge is 0.119 e. The Morgan fingerprint density at radius 1 is 1.10 bits per heavy atom. The summed E-state index contributed by atoms with van der Waals surface area (Å²) in [5.41, 5.74) is 1.47. The van der Waals surface area contributed by atoms with Crippen LogP contribution in [0.25, 0.3) is 0 Å². The summed E-state index contributed by atoms with van der Waals surface area (Å²) in [6.07, 6.45) is 10.7. The first-order valence-electron chi connectivity index (χ1n) is 8.21. The molecule has 1 aromatic carbocycles. The molecule has 1 saturated carbocycles. The quantitative estimate of drug-likeness (QED) is 0.661. The van der Waals surface area contributed by atoms with Gasteiger partial charge >= 0.3 is 0 Å². The topological polar surface area (TPSA) is 18.5 Å². The molecule has 2 rings (SSSR count). The molecule has 0 unspecified atom stereocenters. The fourth-order valence-corrected chi connectivity index (χ4v) is 3.05. The van der Waals surface area contributed by atoms with Crippen molar-refractivity contribution in [2.75, 3.05) is 20.3 Å². The van der Waals surface area contributed by atoms with Gasteiger partial charge in [-0.2, -0.15) is 0 Å². The lowest BCUT2D eigenvalue weighted by Crippen LogP contribution is -2.11. The minimum atomic E-state index is 0.720. The maximum Gasteiger partial charge on any atom is 0.119 e. The second kappa shape index (κ2) is 8.89. The molecule has 1 aromatic rings. The lowest BCUT2D eigenvalue weighted by Gasteiger charge is -2.27. The minimum absolute atomic E-state index is 0.720. The van der Waals surface area contributed by atoms with Gasteiger partial charge in [0, 0.05) is 7.11 Å². The largest absolute Gasteiger partial charge is 0.494 e. The van der Waals surface area contributed by atoms with Gasteiger partial charge in [-0.25, -0.2) is 0 Å². The summed E-state index contributed by atoms with van der Waals surface area (Å²) in [4.78, 5) is 0. The molecular formula is C19H28O2. The van der Waals surface area contributed by atoms with Crippen LogP contribution in [-0.4, -0.2) is 20.3 Å². The van der Waals surface area contributed by atoms with Crippen LogP contribution in [0.4, 0.5) is 0 Å². The van der Waals surface area contributed by atoms with Crippen molar-refractivity contribution in [1.82, 2.24) is 0 Å².